The highest BCUT2D eigenvalue weighted by Crippen LogP contribution is 2.20. The van der Waals surface area contributed by atoms with Crippen LogP contribution in [0.2, 0.25) is 0 Å². The van der Waals surface area contributed by atoms with Crippen molar-refractivity contribution in [2.45, 2.75) is 13.0 Å². The number of furan rings is 1. The highest BCUT2D eigenvalue weighted by Gasteiger charge is 2.20. The first-order chi connectivity index (χ1) is 13.5. The number of rotatable bonds is 10. The molecule has 9 nitrogen and oxygen atoms in total. The van der Waals surface area contributed by atoms with Gasteiger partial charge >= 0.3 is 12.0 Å². The fourth-order valence-corrected chi connectivity index (χ4v) is 2.49. The van der Waals surface area contributed by atoms with Crippen LogP contribution < -0.4 is 20.7 Å². The Hall–Kier alpha value is -3.49. The summed E-state index contributed by atoms with van der Waals surface area (Å²) in [5, 5.41) is 16.9. The summed E-state index contributed by atoms with van der Waals surface area (Å²) in [5.41, 5.74) is 0.738. The normalized spacial score (nSPS) is 11.3. The molecule has 150 valence electrons. The van der Waals surface area contributed by atoms with E-state index in [1.54, 1.807) is 36.4 Å². The van der Waals surface area contributed by atoms with E-state index in [-0.39, 0.29) is 26.1 Å². The van der Waals surface area contributed by atoms with Gasteiger partial charge in [0.2, 0.25) is 5.91 Å². The molecule has 0 saturated carbocycles. The van der Waals surface area contributed by atoms with Crippen molar-refractivity contribution in [1.82, 2.24) is 16.0 Å². The molecule has 0 radical (unpaired) electrons. The van der Waals surface area contributed by atoms with E-state index in [1.807, 2.05) is 0 Å². The number of carbonyl (C=O) groups is 3. The van der Waals surface area contributed by atoms with Crippen LogP contribution in [0.25, 0.3) is 0 Å². The first-order valence-corrected chi connectivity index (χ1v) is 8.65. The first-order valence-electron chi connectivity index (χ1n) is 8.65. The van der Waals surface area contributed by atoms with Crippen molar-refractivity contribution >= 4 is 17.9 Å². The van der Waals surface area contributed by atoms with Crippen LogP contribution in [-0.2, 0) is 22.6 Å². The number of para-hydroxylation sites is 1. The largest absolute Gasteiger partial charge is 0.496 e. The number of methoxy groups -OCH3 is 1. The molecule has 2 aromatic rings. The minimum atomic E-state index is -1.03. The van der Waals surface area contributed by atoms with E-state index in [2.05, 4.69) is 16.0 Å². The minimum Gasteiger partial charge on any atom is -0.496 e. The molecule has 28 heavy (non-hydrogen) atoms. The number of urea groups is 1. The first kappa shape index (κ1) is 20.8. The van der Waals surface area contributed by atoms with Gasteiger partial charge in [-0.2, -0.15) is 0 Å². The number of carboxylic acid groups (broad SMARTS) is 1. The molecule has 1 unspecified atom stereocenters. The zero-order valence-electron chi connectivity index (χ0n) is 15.4. The van der Waals surface area contributed by atoms with E-state index in [4.69, 9.17) is 9.15 Å². The van der Waals surface area contributed by atoms with Crippen molar-refractivity contribution in [2.75, 3.05) is 20.2 Å². The molecule has 0 spiro atoms. The van der Waals surface area contributed by atoms with Crippen molar-refractivity contribution in [3.8, 4) is 5.75 Å². The van der Waals surface area contributed by atoms with Gasteiger partial charge in [-0.25, -0.2) is 4.79 Å². The molecular formula is C19H23N3O6. The number of aliphatic carboxylic acids is 1. The summed E-state index contributed by atoms with van der Waals surface area (Å²) in [6, 6.07) is 9.99. The number of carbonyl (C=O) groups excluding carboxylic acids is 2. The molecular weight excluding hydrogens is 366 g/mol. The molecule has 1 atom stereocenters. The average molecular weight is 389 g/mol. The van der Waals surface area contributed by atoms with E-state index in [0.29, 0.717) is 11.5 Å². The van der Waals surface area contributed by atoms with E-state index in [1.165, 1.54) is 13.4 Å². The Morgan fingerprint density at radius 3 is 2.57 bits per heavy atom. The fourth-order valence-electron chi connectivity index (χ4n) is 2.49. The van der Waals surface area contributed by atoms with Crippen molar-refractivity contribution in [2.24, 2.45) is 5.92 Å². The maximum atomic E-state index is 11.9. The van der Waals surface area contributed by atoms with Crippen molar-refractivity contribution in [1.29, 1.82) is 0 Å². The highest BCUT2D eigenvalue weighted by atomic mass is 16.5. The summed E-state index contributed by atoms with van der Waals surface area (Å²) < 4.78 is 10.3. The molecule has 0 bridgehead atoms. The SMILES string of the molecule is COc1ccccc1CC(CNC(=O)CNC(=O)NCc1ccco1)C(=O)O. The van der Waals surface area contributed by atoms with Crippen LogP contribution in [0.5, 0.6) is 5.75 Å². The van der Waals surface area contributed by atoms with E-state index in [0.717, 1.165) is 5.56 Å². The van der Waals surface area contributed by atoms with Gasteiger partial charge in [0, 0.05) is 6.54 Å². The van der Waals surface area contributed by atoms with E-state index >= 15 is 0 Å². The molecule has 0 saturated heterocycles. The van der Waals surface area contributed by atoms with Crippen LogP contribution in [0.15, 0.2) is 47.1 Å². The summed E-state index contributed by atoms with van der Waals surface area (Å²) >= 11 is 0. The van der Waals surface area contributed by atoms with E-state index in [9.17, 15) is 19.5 Å². The molecule has 2 rings (SSSR count). The van der Waals surface area contributed by atoms with Crippen LogP contribution in [0.1, 0.15) is 11.3 Å². The Labute approximate surface area is 162 Å². The molecule has 4 N–H and O–H groups in total. The fraction of sp³-hybridized carbons (Fsp3) is 0.316. The predicted molar refractivity (Wildman–Crippen MR) is 99.8 cm³/mol. The Balaban J connectivity index is 1.75. The zero-order valence-corrected chi connectivity index (χ0v) is 15.4. The van der Waals surface area contributed by atoms with Crippen LogP contribution in [0.4, 0.5) is 4.79 Å². The lowest BCUT2D eigenvalue weighted by atomic mass is 9.98. The van der Waals surface area contributed by atoms with Gasteiger partial charge in [0.1, 0.15) is 11.5 Å². The van der Waals surface area contributed by atoms with Gasteiger partial charge in [0.15, 0.2) is 0 Å². The Kier molecular flexibility index (Phi) is 7.89. The number of amides is 3. The summed E-state index contributed by atoms with van der Waals surface area (Å²) in [4.78, 5) is 35.0. The Bertz CT molecular complexity index is 791. The van der Waals surface area contributed by atoms with Gasteiger partial charge in [0.25, 0.3) is 0 Å². The maximum Gasteiger partial charge on any atom is 0.315 e. The summed E-state index contributed by atoms with van der Waals surface area (Å²) in [7, 11) is 1.51. The van der Waals surface area contributed by atoms with Crippen molar-refractivity contribution in [3.05, 3.63) is 54.0 Å². The van der Waals surface area contributed by atoms with Crippen LogP contribution in [0.3, 0.4) is 0 Å². The Morgan fingerprint density at radius 1 is 1.11 bits per heavy atom. The second kappa shape index (κ2) is 10.6. The average Bonchev–Trinajstić information content (AvgIpc) is 3.21. The maximum absolute atomic E-state index is 11.9. The number of hydrogen-bond donors (Lipinski definition) is 4. The summed E-state index contributed by atoms with van der Waals surface area (Å²) in [5.74, 6) is -1.17. The molecule has 0 aliphatic rings. The predicted octanol–water partition coefficient (Wildman–Crippen LogP) is 1.15. The lowest BCUT2D eigenvalue weighted by Gasteiger charge is -2.15. The number of hydrogen-bond acceptors (Lipinski definition) is 5. The molecule has 0 fully saturated rings. The smallest absolute Gasteiger partial charge is 0.315 e. The van der Waals surface area contributed by atoms with Gasteiger partial charge < -0.3 is 30.2 Å². The molecule has 1 aromatic heterocycles. The number of nitrogens with one attached hydrogen (secondary N) is 3. The molecule has 9 heteroatoms. The number of ether oxygens (including phenoxy) is 1. The third-order valence-electron chi connectivity index (χ3n) is 3.97. The third kappa shape index (κ3) is 6.67. The third-order valence-corrected chi connectivity index (χ3v) is 3.97. The molecule has 0 aliphatic carbocycles. The van der Waals surface area contributed by atoms with Gasteiger partial charge in [-0.3, -0.25) is 9.59 Å². The second-order valence-electron chi connectivity index (χ2n) is 5.97. The van der Waals surface area contributed by atoms with Gasteiger partial charge in [-0.1, -0.05) is 18.2 Å². The number of carboxylic acids is 1. The molecule has 1 heterocycles. The second-order valence-corrected chi connectivity index (χ2v) is 5.97. The quantitative estimate of drug-likeness (QED) is 0.482. The lowest BCUT2D eigenvalue weighted by Crippen LogP contribution is -2.43. The van der Waals surface area contributed by atoms with Gasteiger partial charge in [-0.05, 0) is 30.2 Å². The van der Waals surface area contributed by atoms with Crippen molar-refractivity contribution in [3.63, 3.8) is 0 Å². The molecule has 1 aromatic carbocycles. The topological polar surface area (TPSA) is 130 Å². The monoisotopic (exact) mass is 389 g/mol. The minimum absolute atomic E-state index is 0.0675. The molecule has 0 aliphatic heterocycles. The lowest BCUT2D eigenvalue weighted by molar-refractivity contribution is -0.141. The van der Waals surface area contributed by atoms with Crippen LogP contribution in [-0.4, -0.2) is 43.2 Å². The highest BCUT2D eigenvalue weighted by molar-refractivity contribution is 5.84. The van der Waals surface area contributed by atoms with Gasteiger partial charge in [-0.15, -0.1) is 0 Å². The van der Waals surface area contributed by atoms with Crippen molar-refractivity contribution < 1.29 is 28.6 Å². The number of benzene rings is 1. The Morgan fingerprint density at radius 2 is 1.89 bits per heavy atom. The standard InChI is InChI=1S/C19H23N3O6/c1-27-16-7-3-2-5-13(16)9-14(18(24)25)10-20-17(23)12-22-19(26)21-11-15-6-4-8-28-15/h2-8,14H,9-12H2,1H3,(H,20,23)(H,24,25)(H2,21,22,26). The van der Waals surface area contributed by atoms with Crippen LogP contribution >= 0.6 is 0 Å². The summed E-state index contributed by atoms with van der Waals surface area (Å²) in [6.45, 7) is -0.145. The van der Waals surface area contributed by atoms with Gasteiger partial charge in [0.05, 0.1) is 32.4 Å². The van der Waals surface area contributed by atoms with E-state index < -0.39 is 23.8 Å². The zero-order chi connectivity index (χ0) is 20.4. The molecule has 3 amide bonds. The summed E-state index contributed by atoms with van der Waals surface area (Å²) in [6.07, 6.45) is 1.70. The van der Waals surface area contributed by atoms with Crippen LogP contribution in [0, 0.1) is 5.92 Å².